The number of fused-ring (bicyclic) bond motifs is 1. The highest BCUT2D eigenvalue weighted by molar-refractivity contribution is 9.10. The summed E-state index contributed by atoms with van der Waals surface area (Å²) in [4.78, 5) is 44.1. The topological polar surface area (TPSA) is 90.3 Å². The molecule has 49 heavy (non-hydrogen) atoms. The number of carbonyl (C=O) groups excluding carboxylic acids is 3. The van der Waals surface area contributed by atoms with Crippen LogP contribution in [0.2, 0.25) is 0 Å². The Labute approximate surface area is 299 Å². The van der Waals surface area contributed by atoms with Crippen molar-refractivity contribution in [2.24, 2.45) is 5.92 Å². The SMILES string of the molecule is COC(=O)C(Cc1cn(C(c2ccccc2)(c2ccccc2)c2ccccc2)cn1)NC(=O)C(CSC(C)=O)C1CCc2cc(Br)ccc21. The Morgan fingerprint density at radius 1 is 0.939 bits per heavy atom. The van der Waals surface area contributed by atoms with Gasteiger partial charge in [0.15, 0.2) is 5.12 Å². The van der Waals surface area contributed by atoms with E-state index in [0.717, 1.165) is 51.3 Å². The first-order valence-electron chi connectivity index (χ1n) is 16.3. The van der Waals surface area contributed by atoms with Gasteiger partial charge in [0.25, 0.3) is 0 Å². The molecule has 1 aromatic heterocycles. The average Bonchev–Trinajstić information content (AvgIpc) is 3.76. The Balaban J connectivity index is 1.34. The minimum atomic E-state index is -0.976. The summed E-state index contributed by atoms with van der Waals surface area (Å²) in [5.41, 5.74) is 5.29. The second-order valence-corrected chi connectivity index (χ2v) is 14.4. The molecule has 6 rings (SSSR count). The number of amides is 1. The van der Waals surface area contributed by atoms with E-state index in [2.05, 4.69) is 74.3 Å². The number of carbonyl (C=O) groups is 3. The third kappa shape index (κ3) is 7.28. The Hall–Kier alpha value is -4.47. The molecule has 1 aliphatic carbocycles. The molecule has 3 unspecified atom stereocenters. The summed E-state index contributed by atoms with van der Waals surface area (Å²) in [5.74, 6) is -1.11. The number of hydrogen-bond acceptors (Lipinski definition) is 6. The maximum absolute atomic E-state index is 14.1. The van der Waals surface area contributed by atoms with Crippen LogP contribution in [0.5, 0.6) is 0 Å². The number of hydrogen-bond donors (Lipinski definition) is 1. The van der Waals surface area contributed by atoms with E-state index in [1.54, 1.807) is 6.33 Å². The Morgan fingerprint density at radius 2 is 1.53 bits per heavy atom. The first kappa shape index (κ1) is 34.4. The summed E-state index contributed by atoms with van der Waals surface area (Å²) in [6.07, 6.45) is 5.50. The van der Waals surface area contributed by atoms with Crippen molar-refractivity contribution in [3.63, 3.8) is 0 Å². The van der Waals surface area contributed by atoms with Crippen molar-refractivity contribution in [2.75, 3.05) is 12.9 Å². The molecule has 0 fully saturated rings. The molecule has 7 nitrogen and oxygen atoms in total. The molecule has 5 aromatic rings. The molecule has 4 aromatic carbocycles. The van der Waals surface area contributed by atoms with E-state index in [1.807, 2.05) is 66.9 Å². The number of methoxy groups -OCH3 is 1. The van der Waals surface area contributed by atoms with Gasteiger partial charge in [-0.15, -0.1) is 0 Å². The highest BCUT2D eigenvalue weighted by atomic mass is 79.9. The third-order valence-electron chi connectivity index (χ3n) is 9.33. The Morgan fingerprint density at radius 3 is 2.08 bits per heavy atom. The van der Waals surface area contributed by atoms with Crippen molar-refractivity contribution in [1.82, 2.24) is 14.9 Å². The van der Waals surface area contributed by atoms with E-state index in [0.29, 0.717) is 11.4 Å². The zero-order chi connectivity index (χ0) is 34.4. The van der Waals surface area contributed by atoms with Crippen LogP contribution in [-0.4, -0.2) is 45.4 Å². The van der Waals surface area contributed by atoms with Crippen LogP contribution in [0.3, 0.4) is 0 Å². The molecule has 9 heteroatoms. The number of benzene rings is 4. The van der Waals surface area contributed by atoms with Crippen LogP contribution in [0.15, 0.2) is 126 Å². The lowest BCUT2D eigenvalue weighted by Gasteiger charge is -2.37. The monoisotopic (exact) mass is 735 g/mol. The molecule has 1 aliphatic rings. The number of aromatic nitrogens is 2. The van der Waals surface area contributed by atoms with E-state index >= 15 is 0 Å². The minimum Gasteiger partial charge on any atom is -0.467 e. The van der Waals surface area contributed by atoms with Gasteiger partial charge in [-0.25, -0.2) is 9.78 Å². The number of nitrogens with zero attached hydrogens (tertiary/aromatic N) is 2. The lowest BCUT2D eigenvalue weighted by Crippen LogP contribution is -2.47. The molecular formula is C40H38BrN3O4S. The minimum absolute atomic E-state index is 0.0550. The van der Waals surface area contributed by atoms with Crippen LogP contribution in [0.4, 0.5) is 0 Å². The molecule has 0 aliphatic heterocycles. The van der Waals surface area contributed by atoms with Crippen LogP contribution >= 0.6 is 27.7 Å². The van der Waals surface area contributed by atoms with Crippen LogP contribution in [-0.2, 0) is 37.5 Å². The number of rotatable bonds is 12. The molecule has 0 radical (unpaired) electrons. The highest BCUT2D eigenvalue weighted by Crippen LogP contribution is 2.42. The lowest BCUT2D eigenvalue weighted by molar-refractivity contribution is -0.145. The quantitative estimate of drug-likeness (QED) is 0.107. The van der Waals surface area contributed by atoms with Gasteiger partial charge in [0.05, 0.1) is 25.0 Å². The van der Waals surface area contributed by atoms with Crippen molar-refractivity contribution in [3.05, 3.63) is 160 Å². The van der Waals surface area contributed by atoms with E-state index in [1.165, 1.54) is 19.6 Å². The van der Waals surface area contributed by atoms with Crippen molar-refractivity contribution < 1.29 is 19.1 Å². The van der Waals surface area contributed by atoms with Crippen molar-refractivity contribution >= 4 is 44.7 Å². The number of nitrogens with one attached hydrogen (secondary N) is 1. The second kappa shape index (κ2) is 15.4. The molecule has 3 atom stereocenters. The number of esters is 1. The van der Waals surface area contributed by atoms with E-state index < -0.39 is 23.5 Å². The Kier molecular flexibility index (Phi) is 10.8. The summed E-state index contributed by atoms with van der Waals surface area (Å²) < 4.78 is 8.26. The van der Waals surface area contributed by atoms with Crippen LogP contribution in [0.1, 0.15) is 52.8 Å². The summed E-state index contributed by atoms with van der Waals surface area (Å²) in [7, 11) is 1.32. The number of halogens is 1. The zero-order valence-electron chi connectivity index (χ0n) is 27.4. The molecule has 0 saturated carbocycles. The largest absolute Gasteiger partial charge is 0.467 e. The maximum atomic E-state index is 14.1. The fourth-order valence-corrected chi connectivity index (χ4v) is 8.29. The lowest BCUT2D eigenvalue weighted by atomic mass is 9.77. The van der Waals surface area contributed by atoms with Crippen molar-refractivity contribution in [2.45, 2.75) is 43.7 Å². The fourth-order valence-electron chi connectivity index (χ4n) is 7.08. The summed E-state index contributed by atoms with van der Waals surface area (Å²) >= 11 is 4.69. The number of thioether (sulfide) groups is 1. The molecule has 250 valence electrons. The van der Waals surface area contributed by atoms with Gasteiger partial charge in [-0.3, -0.25) is 9.59 Å². The fraction of sp³-hybridized carbons (Fsp3) is 0.250. The van der Waals surface area contributed by atoms with Gasteiger partial charge in [-0.05, 0) is 58.7 Å². The zero-order valence-corrected chi connectivity index (χ0v) is 29.8. The van der Waals surface area contributed by atoms with Crippen LogP contribution in [0, 0.1) is 5.92 Å². The molecular weight excluding hydrogens is 698 g/mol. The van der Waals surface area contributed by atoms with Gasteiger partial charge in [-0.1, -0.05) is 125 Å². The smallest absolute Gasteiger partial charge is 0.328 e. The van der Waals surface area contributed by atoms with E-state index in [9.17, 15) is 14.4 Å². The first-order valence-corrected chi connectivity index (χ1v) is 18.1. The van der Waals surface area contributed by atoms with Crippen LogP contribution < -0.4 is 5.32 Å². The molecule has 0 spiro atoms. The predicted octanol–water partition coefficient (Wildman–Crippen LogP) is 7.31. The molecule has 1 heterocycles. The van der Waals surface area contributed by atoms with Crippen LogP contribution in [0.25, 0.3) is 0 Å². The second-order valence-electron chi connectivity index (χ2n) is 12.3. The summed E-state index contributed by atoms with van der Waals surface area (Å²) in [6, 6.07) is 36.0. The highest BCUT2D eigenvalue weighted by Gasteiger charge is 2.40. The molecule has 1 N–H and O–H groups in total. The normalized spacial score (nSPS) is 15.2. The first-order chi connectivity index (χ1) is 23.8. The van der Waals surface area contributed by atoms with Gasteiger partial charge < -0.3 is 14.6 Å². The van der Waals surface area contributed by atoms with Crippen molar-refractivity contribution in [1.29, 1.82) is 0 Å². The number of ether oxygens (including phenoxy) is 1. The molecule has 0 saturated heterocycles. The van der Waals surface area contributed by atoms with Gasteiger partial charge in [0.2, 0.25) is 5.91 Å². The summed E-state index contributed by atoms with van der Waals surface area (Å²) in [5, 5.41) is 2.95. The Bertz CT molecular complexity index is 1820. The molecule has 1 amide bonds. The predicted molar refractivity (Wildman–Crippen MR) is 196 cm³/mol. The van der Waals surface area contributed by atoms with Gasteiger partial charge in [-0.2, -0.15) is 0 Å². The molecule has 0 bridgehead atoms. The van der Waals surface area contributed by atoms with Gasteiger partial charge >= 0.3 is 5.97 Å². The third-order valence-corrected chi connectivity index (χ3v) is 10.8. The van der Waals surface area contributed by atoms with Gasteiger partial charge in [0, 0.05) is 29.8 Å². The van der Waals surface area contributed by atoms with E-state index in [-0.39, 0.29) is 23.4 Å². The van der Waals surface area contributed by atoms with Gasteiger partial charge in [0.1, 0.15) is 11.6 Å². The van der Waals surface area contributed by atoms with Crippen molar-refractivity contribution in [3.8, 4) is 0 Å². The average molecular weight is 737 g/mol. The number of imidazole rings is 1. The maximum Gasteiger partial charge on any atom is 0.328 e. The standard InChI is InChI=1S/C40H38BrN3O4S/c1-27(45)49-25-36(35-20-18-28-22-32(41)19-21-34(28)35)38(46)43-37(39(47)48-2)23-33-24-44(26-42-33)40(29-12-6-3-7-13-29,30-14-8-4-9-15-30)31-16-10-5-11-17-31/h3-17,19,21-22,24,26,35-37H,18,20,23,25H2,1-2H3,(H,43,46). The van der Waals surface area contributed by atoms with E-state index in [4.69, 9.17) is 9.72 Å². The number of aryl methyl sites for hydroxylation is 1. The summed E-state index contributed by atoms with van der Waals surface area (Å²) in [6.45, 7) is 1.51.